The number of morpholine rings is 1. The summed E-state index contributed by atoms with van der Waals surface area (Å²) in [6.45, 7) is 8.35. The first-order chi connectivity index (χ1) is 21.0. The molecule has 0 aromatic heterocycles. The Hall–Kier alpha value is -4.50. The molecule has 5 rings (SSSR count). The number of rotatable bonds is 6. The molecule has 2 fully saturated rings. The summed E-state index contributed by atoms with van der Waals surface area (Å²) in [4.78, 5) is 39.8. The number of nitrogens with one attached hydrogen (secondary N) is 1. The van der Waals surface area contributed by atoms with Gasteiger partial charge in [-0.15, -0.1) is 0 Å². The van der Waals surface area contributed by atoms with E-state index >= 15 is 4.39 Å². The molecule has 2 aromatic carbocycles. The van der Waals surface area contributed by atoms with Crippen LogP contribution in [0.4, 0.5) is 4.39 Å². The first-order valence-electron chi connectivity index (χ1n) is 14.3. The predicted molar refractivity (Wildman–Crippen MR) is 152 cm³/mol. The van der Waals surface area contributed by atoms with E-state index in [0.29, 0.717) is 26.3 Å². The van der Waals surface area contributed by atoms with E-state index in [0.717, 1.165) is 4.90 Å². The summed E-state index contributed by atoms with van der Waals surface area (Å²) >= 11 is 0. The quantitative estimate of drug-likeness (QED) is 0.140. The second-order valence-corrected chi connectivity index (χ2v) is 9.62. The Morgan fingerprint density at radius 2 is 1.48 bits per heavy atom. The highest BCUT2D eigenvalue weighted by Crippen LogP contribution is 2.52. The summed E-state index contributed by atoms with van der Waals surface area (Å²) in [5.41, 5.74) is -1.57. The average Bonchev–Trinajstić information content (AvgIpc) is 3.37. The summed E-state index contributed by atoms with van der Waals surface area (Å²) in [5.74, 6) is -9.78. The molecule has 0 aliphatic carbocycles. The van der Waals surface area contributed by atoms with E-state index in [1.807, 2.05) is 27.7 Å². The first kappa shape index (κ1) is 34.0. The van der Waals surface area contributed by atoms with Gasteiger partial charge in [0.15, 0.2) is 34.6 Å². The fraction of sp³-hybridized carbons (Fsp3) is 0.483. The summed E-state index contributed by atoms with van der Waals surface area (Å²) < 4.78 is 25.9. The Labute approximate surface area is 252 Å². The van der Waals surface area contributed by atoms with E-state index in [-0.39, 0.29) is 37.1 Å². The number of hydrogen-bond acceptors (Lipinski definition) is 12. The zero-order chi connectivity index (χ0) is 32.9. The van der Waals surface area contributed by atoms with E-state index in [1.165, 1.54) is 0 Å². The van der Waals surface area contributed by atoms with Gasteiger partial charge in [0, 0.05) is 31.6 Å². The minimum atomic E-state index is -1.31. The van der Waals surface area contributed by atoms with E-state index in [9.17, 15) is 45.0 Å². The van der Waals surface area contributed by atoms with Crippen LogP contribution in [0.25, 0.3) is 0 Å². The Balaban J connectivity index is 0.00000127. The maximum Gasteiger partial charge on any atom is 0.259 e. The van der Waals surface area contributed by atoms with Crippen LogP contribution in [0.15, 0.2) is 0 Å². The van der Waals surface area contributed by atoms with E-state index < -0.39 is 87.6 Å². The number of benzene rings is 2. The van der Waals surface area contributed by atoms with Gasteiger partial charge in [0.1, 0.15) is 12.6 Å². The van der Waals surface area contributed by atoms with Gasteiger partial charge in [0.05, 0.1) is 36.4 Å². The average molecular weight is 624 g/mol. The number of piperidine rings is 1. The number of amides is 3. The lowest BCUT2D eigenvalue weighted by Gasteiger charge is -2.29. The number of carbonyl (C=O) groups is 3. The van der Waals surface area contributed by atoms with Crippen LogP contribution in [0.2, 0.25) is 0 Å². The molecule has 0 saturated carbocycles. The third kappa shape index (κ3) is 6.24. The molecular formula is C29H38FN3O11. The fourth-order valence-corrected chi connectivity index (χ4v) is 5.08. The van der Waals surface area contributed by atoms with Crippen molar-refractivity contribution >= 4 is 17.7 Å². The number of phenolic OH excluding ortho intramolecular Hbond substituents is 6. The third-order valence-electron chi connectivity index (χ3n) is 7.27. The Kier molecular flexibility index (Phi) is 11.1. The first-order valence-corrected chi connectivity index (χ1v) is 14.3. The summed E-state index contributed by atoms with van der Waals surface area (Å²) in [7, 11) is 0. The highest BCUT2D eigenvalue weighted by atomic mass is 19.1. The Bertz CT molecular complexity index is 1400. The second kappa shape index (κ2) is 14.3. The van der Waals surface area contributed by atoms with E-state index in [2.05, 4.69) is 5.32 Å². The molecule has 0 spiro atoms. The van der Waals surface area contributed by atoms with Crippen molar-refractivity contribution in [1.29, 1.82) is 0 Å². The van der Waals surface area contributed by atoms with Crippen molar-refractivity contribution in [2.24, 2.45) is 0 Å². The van der Waals surface area contributed by atoms with Gasteiger partial charge in [0.25, 0.3) is 5.91 Å². The highest BCUT2D eigenvalue weighted by molar-refractivity contribution is 6.07. The van der Waals surface area contributed by atoms with Gasteiger partial charge in [-0.25, -0.2) is 4.39 Å². The van der Waals surface area contributed by atoms with Gasteiger partial charge in [-0.1, -0.05) is 27.7 Å². The summed E-state index contributed by atoms with van der Waals surface area (Å²) in [6, 6.07) is -1.09. The molecule has 15 heteroatoms. The van der Waals surface area contributed by atoms with Crippen molar-refractivity contribution < 1.29 is 58.9 Å². The van der Waals surface area contributed by atoms with Crippen molar-refractivity contribution in [3.63, 3.8) is 0 Å². The molecule has 2 aromatic rings. The fourth-order valence-electron chi connectivity index (χ4n) is 5.08. The van der Waals surface area contributed by atoms with Gasteiger partial charge in [0.2, 0.25) is 23.3 Å². The molecule has 2 saturated heterocycles. The van der Waals surface area contributed by atoms with Crippen LogP contribution in [0, 0.1) is 5.82 Å². The summed E-state index contributed by atoms with van der Waals surface area (Å²) in [6.07, 6.45) is -0.0524. The Morgan fingerprint density at radius 3 is 2.09 bits per heavy atom. The number of aromatic hydroxyl groups is 6. The Morgan fingerprint density at radius 1 is 0.864 bits per heavy atom. The minimum absolute atomic E-state index is 0.00620. The zero-order valence-corrected chi connectivity index (χ0v) is 24.9. The SMILES string of the molecule is CC.CC.O=C1CCC(N2Cc3c(OCc4c(O)c(O)c(CN5CCOCC5)c(O)c4F)c(O)c(O)c(O)c3C2=O)C(=O)N1. The molecule has 3 heterocycles. The van der Waals surface area contributed by atoms with Crippen molar-refractivity contribution in [3.8, 4) is 40.2 Å². The zero-order valence-electron chi connectivity index (χ0n) is 24.9. The van der Waals surface area contributed by atoms with Crippen LogP contribution in [0.5, 0.6) is 40.2 Å². The van der Waals surface area contributed by atoms with Crippen LogP contribution in [-0.4, -0.2) is 90.5 Å². The molecule has 242 valence electrons. The maximum absolute atomic E-state index is 15.2. The van der Waals surface area contributed by atoms with Crippen LogP contribution < -0.4 is 10.1 Å². The van der Waals surface area contributed by atoms with Crippen LogP contribution in [0.3, 0.4) is 0 Å². The van der Waals surface area contributed by atoms with Gasteiger partial charge >= 0.3 is 0 Å². The van der Waals surface area contributed by atoms with Gasteiger partial charge in [-0.05, 0) is 6.42 Å². The lowest BCUT2D eigenvalue weighted by Crippen LogP contribution is -2.52. The summed E-state index contributed by atoms with van der Waals surface area (Å²) in [5, 5.41) is 64.8. The third-order valence-corrected chi connectivity index (χ3v) is 7.27. The molecule has 3 aliphatic rings. The smallest absolute Gasteiger partial charge is 0.259 e. The van der Waals surface area contributed by atoms with Gasteiger partial charge < -0.3 is 45.0 Å². The topological polar surface area (TPSA) is 210 Å². The molecular weight excluding hydrogens is 585 g/mol. The number of hydrogen-bond donors (Lipinski definition) is 7. The number of fused-ring (bicyclic) bond motifs is 1. The normalized spacial score (nSPS) is 18.1. The lowest BCUT2D eigenvalue weighted by molar-refractivity contribution is -0.136. The molecule has 1 unspecified atom stereocenters. The number of phenols is 6. The number of nitrogens with zero attached hydrogens (tertiary/aromatic N) is 2. The van der Waals surface area contributed by atoms with Crippen molar-refractivity contribution in [2.75, 3.05) is 26.3 Å². The minimum Gasteiger partial charge on any atom is -0.504 e. The highest BCUT2D eigenvalue weighted by Gasteiger charge is 2.44. The molecule has 1 atom stereocenters. The number of carbonyl (C=O) groups excluding carboxylic acids is 3. The van der Waals surface area contributed by atoms with Crippen molar-refractivity contribution in [2.45, 2.75) is 66.3 Å². The standard InChI is InChI=1S/C25H26FN3O11.2C2H6/c26-16-12(19(33)18(32)11(17(16)31)7-28-3-5-39-6-4-28)9-40-23-10-8-29(13-1-2-14(30)27-24(13)37)25(38)15(10)20(34)21(35)22(23)36;2*1-2/h13,31-36H,1-9H2,(H,27,30,37);2*1-2H3. The molecule has 44 heavy (non-hydrogen) atoms. The molecule has 14 nitrogen and oxygen atoms in total. The lowest BCUT2D eigenvalue weighted by atomic mass is 10.0. The monoisotopic (exact) mass is 623 g/mol. The van der Waals surface area contributed by atoms with Gasteiger partial charge in [-0.2, -0.15) is 0 Å². The molecule has 0 bridgehead atoms. The number of halogens is 1. The predicted octanol–water partition coefficient (Wildman–Crippen LogP) is 2.28. The molecule has 3 amide bonds. The largest absolute Gasteiger partial charge is 0.504 e. The number of imide groups is 1. The molecule has 3 aliphatic heterocycles. The maximum atomic E-state index is 15.2. The van der Waals surface area contributed by atoms with Crippen molar-refractivity contribution in [1.82, 2.24) is 15.1 Å². The second-order valence-electron chi connectivity index (χ2n) is 9.62. The van der Waals surface area contributed by atoms with Gasteiger partial charge in [-0.3, -0.25) is 24.6 Å². The van der Waals surface area contributed by atoms with Crippen LogP contribution >= 0.6 is 0 Å². The van der Waals surface area contributed by atoms with Crippen molar-refractivity contribution in [3.05, 3.63) is 28.1 Å². The van der Waals surface area contributed by atoms with Crippen LogP contribution in [-0.2, 0) is 34.0 Å². The van der Waals surface area contributed by atoms with E-state index in [4.69, 9.17) is 9.47 Å². The molecule has 0 radical (unpaired) electrons. The van der Waals surface area contributed by atoms with Crippen LogP contribution in [0.1, 0.15) is 67.6 Å². The van der Waals surface area contributed by atoms with E-state index in [1.54, 1.807) is 4.90 Å². The number of ether oxygens (including phenoxy) is 2. The molecule has 7 N–H and O–H groups in total.